The third-order valence-corrected chi connectivity index (χ3v) is 4.66. The Kier molecular flexibility index (Phi) is 5.61. The Morgan fingerprint density at radius 1 is 1.12 bits per heavy atom. The van der Waals surface area contributed by atoms with E-state index in [-0.39, 0.29) is 12.2 Å². The van der Waals surface area contributed by atoms with Gasteiger partial charge in [-0.25, -0.2) is 4.79 Å². The van der Waals surface area contributed by atoms with Crippen molar-refractivity contribution >= 4 is 23.2 Å². The molecule has 1 heterocycles. The van der Waals surface area contributed by atoms with E-state index in [9.17, 15) is 9.59 Å². The average molecular weight is 349 g/mol. The van der Waals surface area contributed by atoms with Gasteiger partial charge in [0.05, 0.1) is 30.5 Å². The van der Waals surface area contributed by atoms with E-state index < -0.39 is 5.97 Å². The van der Waals surface area contributed by atoms with Crippen molar-refractivity contribution in [3.05, 3.63) is 64.7 Å². The van der Waals surface area contributed by atoms with E-state index in [0.29, 0.717) is 16.8 Å². The number of carbonyl (C=O) groups is 2. The molecule has 1 aliphatic rings. The Morgan fingerprint density at radius 3 is 2.58 bits per heavy atom. The molecule has 2 aromatic rings. The largest absolute Gasteiger partial charge is 0.465 e. The molecule has 0 saturated heterocycles. The van der Waals surface area contributed by atoms with Crippen LogP contribution in [0, 0.1) is 0 Å². The van der Waals surface area contributed by atoms with Gasteiger partial charge < -0.3 is 4.74 Å². The highest BCUT2D eigenvalue weighted by molar-refractivity contribution is 6.21. The topological polar surface area (TPSA) is 55.7 Å². The number of hydrogen-bond acceptors (Lipinski definition) is 4. The van der Waals surface area contributed by atoms with Gasteiger partial charge >= 0.3 is 5.97 Å². The van der Waals surface area contributed by atoms with Gasteiger partial charge in [-0.2, -0.15) is 0 Å². The van der Waals surface area contributed by atoms with Crippen LogP contribution < -0.4 is 0 Å². The summed E-state index contributed by atoms with van der Waals surface area (Å²) in [6.45, 7) is 2.20. The first kappa shape index (κ1) is 18.1. The minimum absolute atomic E-state index is 0.0252. The average Bonchev–Trinajstić information content (AvgIpc) is 2.68. The van der Waals surface area contributed by atoms with E-state index in [1.165, 1.54) is 31.9 Å². The molecule has 0 fully saturated rings. The molecule has 1 aliphatic heterocycles. The molecule has 0 aliphatic carbocycles. The summed E-state index contributed by atoms with van der Waals surface area (Å²) in [5.74, 6) is -0.475. The van der Waals surface area contributed by atoms with Crippen molar-refractivity contribution in [3.63, 3.8) is 0 Å². The quantitative estimate of drug-likeness (QED) is 0.550. The normalized spacial score (nSPS) is 13.2. The smallest absolute Gasteiger partial charge is 0.337 e. The Labute approximate surface area is 153 Å². The number of carbonyl (C=O) groups excluding carboxylic acids is 2. The molecule has 4 heteroatoms. The maximum Gasteiger partial charge on any atom is 0.337 e. The fourth-order valence-electron chi connectivity index (χ4n) is 3.14. The minimum Gasteiger partial charge on any atom is -0.465 e. The number of ketones is 1. The molecule has 0 aromatic heterocycles. The number of fused-ring (bicyclic) bond motifs is 1. The standard InChI is InChI=1S/C22H23NO3/c1-3-4-5-6-15-7-9-16(10-8-15)20-14-21(24)18-13-17(22(25)26-2)11-12-19(18)23-20/h7-13H,3-6,14H2,1-2H3. The van der Waals surface area contributed by atoms with Gasteiger partial charge in [-0.3, -0.25) is 9.79 Å². The number of ether oxygens (including phenoxy) is 1. The second kappa shape index (κ2) is 8.09. The number of unbranched alkanes of at least 4 members (excludes halogenated alkanes) is 2. The monoisotopic (exact) mass is 349 g/mol. The molecule has 3 rings (SSSR count). The molecule has 0 amide bonds. The van der Waals surface area contributed by atoms with Crippen molar-refractivity contribution in [3.8, 4) is 0 Å². The van der Waals surface area contributed by atoms with Gasteiger partial charge in [-0.05, 0) is 42.2 Å². The number of nitrogens with zero attached hydrogens (tertiary/aromatic N) is 1. The molecular formula is C22H23NO3. The van der Waals surface area contributed by atoms with Crippen LogP contribution in [0.2, 0.25) is 0 Å². The minimum atomic E-state index is -0.450. The second-order valence-electron chi connectivity index (χ2n) is 6.54. The molecule has 0 atom stereocenters. The molecule has 4 nitrogen and oxygen atoms in total. The van der Waals surface area contributed by atoms with Gasteiger partial charge in [0.25, 0.3) is 0 Å². The number of aryl methyl sites for hydroxylation is 1. The van der Waals surface area contributed by atoms with E-state index in [0.717, 1.165) is 17.7 Å². The molecular weight excluding hydrogens is 326 g/mol. The van der Waals surface area contributed by atoms with Gasteiger partial charge in [0.2, 0.25) is 0 Å². The van der Waals surface area contributed by atoms with Crippen molar-refractivity contribution in [2.24, 2.45) is 4.99 Å². The van der Waals surface area contributed by atoms with Crippen molar-refractivity contribution in [1.29, 1.82) is 0 Å². The summed E-state index contributed by atoms with van der Waals surface area (Å²) in [5.41, 5.74) is 4.51. The van der Waals surface area contributed by atoms with Crippen LogP contribution in [0.15, 0.2) is 47.5 Å². The predicted octanol–water partition coefficient (Wildman–Crippen LogP) is 4.91. The Morgan fingerprint density at radius 2 is 1.88 bits per heavy atom. The molecule has 26 heavy (non-hydrogen) atoms. The highest BCUT2D eigenvalue weighted by atomic mass is 16.5. The molecule has 0 bridgehead atoms. The highest BCUT2D eigenvalue weighted by Crippen LogP contribution is 2.29. The number of rotatable bonds is 6. The van der Waals surface area contributed by atoms with Crippen molar-refractivity contribution in [2.75, 3.05) is 7.11 Å². The van der Waals surface area contributed by atoms with E-state index in [1.54, 1.807) is 18.2 Å². The Balaban J connectivity index is 1.83. The van der Waals surface area contributed by atoms with Crippen LogP contribution in [0.25, 0.3) is 0 Å². The first-order valence-corrected chi connectivity index (χ1v) is 9.05. The zero-order valence-electron chi connectivity index (χ0n) is 15.2. The summed E-state index contributed by atoms with van der Waals surface area (Å²) in [5, 5.41) is 0. The lowest BCUT2D eigenvalue weighted by molar-refractivity contribution is 0.0600. The molecule has 0 unspecified atom stereocenters. The molecule has 0 saturated carbocycles. The summed E-state index contributed by atoms with van der Waals surface area (Å²) in [4.78, 5) is 28.8. The van der Waals surface area contributed by atoms with Crippen LogP contribution in [0.5, 0.6) is 0 Å². The van der Waals surface area contributed by atoms with Crippen LogP contribution in [-0.2, 0) is 11.2 Å². The SMILES string of the molecule is CCCCCc1ccc(C2=Nc3ccc(C(=O)OC)cc3C(=O)C2)cc1. The molecule has 2 aromatic carbocycles. The number of methoxy groups -OCH3 is 1. The predicted molar refractivity (Wildman–Crippen MR) is 103 cm³/mol. The number of Topliss-reactive ketones (excluding diaryl/α,β-unsaturated/α-hetero) is 1. The van der Waals surface area contributed by atoms with Crippen molar-refractivity contribution in [1.82, 2.24) is 0 Å². The van der Waals surface area contributed by atoms with Gasteiger partial charge in [0.15, 0.2) is 5.78 Å². The third kappa shape index (κ3) is 3.90. The van der Waals surface area contributed by atoms with E-state index in [4.69, 9.17) is 4.74 Å². The van der Waals surface area contributed by atoms with Gasteiger partial charge in [0, 0.05) is 5.56 Å². The lowest BCUT2D eigenvalue weighted by Gasteiger charge is -2.16. The fraction of sp³-hybridized carbons (Fsp3) is 0.318. The van der Waals surface area contributed by atoms with Crippen LogP contribution in [0.3, 0.4) is 0 Å². The molecule has 0 N–H and O–H groups in total. The van der Waals surface area contributed by atoms with Crippen LogP contribution >= 0.6 is 0 Å². The summed E-state index contributed by atoms with van der Waals surface area (Å²) in [6.07, 6.45) is 4.98. The van der Waals surface area contributed by atoms with Crippen LogP contribution in [0.1, 0.15) is 64.4 Å². The number of hydrogen-bond donors (Lipinski definition) is 0. The lowest BCUT2D eigenvalue weighted by Crippen LogP contribution is -2.15. The van der Waals surface area contributed by atoms with Gasteiger partial charge in [-0.1, -0.05) is 44.0 Å². The van der Waals surface area contributed by atoms with Crippen molar-refractivity contribution < 1.29 is 14.3 Å². The van der Waals surface area contributed by atoms with Gasteiger partial charge in [0.1, 0.15) is 0 Å². The summed E-state index contributed by atoms with van der Waals surface area (Å²) in [6, 6.07) is 13.2. The number of benzene rings is 2. The maximum atomic E-state index is 12.5. The van der Waals surface area contributed by atoms with Gasteiger partial charge in [-0.15, -0.1) is 0 Å². The lowest BCUT2D eigenvalue weighted by atomic mass is 9.94. The number of esters is 1. The number of aliphatic imine (C=N–C) groups is 1. The van der Waals surface area contributed by atoms with Crippen LogP contribution in [-0.4, -0.2) is 24.6 Å². The Hall–Kier alpha value is -2.75. The van der Waals surface area contributed by atoms with Crippen LogP contribution in [0.4, 0.5) is 5.69 Å². The Bertz CT molecular complexity index is 850. The first-order valence-electron chi connectivity index (χ1n) is 9.05. The molecule has 0 radical (unpaired) electrons. The summed E-state index contributed by atoms with van der Waals surface area (Å²) >= 11 is 0. The van der Waals surface area contributed by atoms with E-state index in [2.05, 4.69) is 24.0 Å². The first-order chi connectivity index (χ1) is 12.6. The zero-order chi connectivity index (χ0) is 18.5. The second-order valence-corrected chi connectivity index (χ2v) is 6.54. The maximum absolute atomic E-state index is 12.5. The van der Waals surface area contributed by atoms with Crippen molar-refractivity contribution in [2.45, 2.75) is 39.0 Å². The van der Waals surface area contributed by atoms with E-state index in [1.807, 2.05) is 12.1 Å². The third-order valence-electron chi connectivity index (χ3n) is 4.66. The van der Waals surface area contributed by atoms with E-state index >= 15 is 0 Å². The zero-order valence-corrected chi connectivity index (χ0v) is 15.2. The summed E-state index contributed by atoms with van der Waals surface area (Å²) in [7, 11) is 1.33. The fourth-order valence-corrected chi connectivity index (χ4v) is 3.14. The highest BCUT2D eigenvalue weighted by Gasteiger charge is 2.22. The molecule has 0 spiro atoms. The molecule has 134 valence electrons. The summed E-state index contributed by atoms with van der Waals surface area (Å²) < 4.78 is 4.71.